The molecule has 0 bridgehead atoms. The maximum atomic E-state index is 13.8. The van der Waals surface area contributed by atoms with Gasteiger partial charge in [-0.1, -0.05) is 79.6 Å². The van der Waals surface area contributed by atoms with Gasteiger partial charge in [0.25, 0.3) is 11.8 Å². The van der Waals surface area contributed by atoms with Gasteiger partial charge >= 0.3 is 0 Å². The minimum atomic E-state index is -1.63. The molecule has 1 heterocycles. The number of likely N-dealkylation sites (N-methyl/N-ethyl adjacent to an activating group) is 1. The van der Waals surface area contributed by atoms with E-state index in [1.165, 1.54) is 0 Å². The Hall–Kier alpha value is -3.53. The number of aryl methyl sites for hydroxylation is 1. The minimum Gasteiger partial charge on any atom is -0.355 e. The third-order valence-electron chi connectivity index (χ3n) is 7.14. The zero-order valence-corrected chi connectivity index (χ0v) is 23.7. The number of allylic oxidation sites excluding steroid dienone is 1. The summed E-state index contributed by atoms with van der Waals surface area (Å²) in [5.74, 6) is 3.39. The molecule has 1 fully saturated rings. The molecule has 9 heteroatoms. The zero-order valence-electron chi connectivity index (χ0n) is 23.7. The molecule has 1 unspecified atom stereocenters. The first-order valence-electron chi connectivity index (χ1n) is 14.1. The van der Waals surface area contributed by atoms with E-state index in [4.69, 9.17) is 15.4 Å². The monoisotopic (exact) mass is 550 g/mol. The molecule has 0 aromatic heterocycles. The van der Waals surface area contributed by atoms with Crippen LogP contribution < -0.4 is 22.1 Å². The largest absolute Gasteiger partial charge is 0.355 e. The Morgan fingerprint density at radius 2 is 1.90 bits per heavy atom. The molecule has 9 nitrogen and oxygen atoms in total. The Kier molecular flexibility index (Phi) is 11.9. The van der Waals surface area contributed by atoms with Gasteiger partial charge in [0.05, 0.1) is 5.92 Å². The molecular weight excluding hydrogens is 508 g/mol. The van der Waals surface area contributed by atoms with Gasteiger partial charge in [0.2, 0.25) is 5.91 Å². The van der Waals surface area contributed by atoms with E-state index in [0.717, 1.165) is 24.0 Å². The van der Waals surface area contributed by atoms with Crippen molar-refractivity contribution in [2.75, 3.05) is 13.2 Å². The second kappa shape index (κ2) is 15.3. The van der Waals surface area contributed by atoms with Crippen molar-refractivity contribution >= 4 is 23.8 Å². The lowest BCUT2D eigenvalue weighted by atomic mass is 9.70. The Labute approximate surface area is 236 Å². The summed E-state index contributed by atoms with van der Waals surface area (Å²) in [5.41, 5.74) is 6.07. The summed E-state index contributed by atoms with van der Waals surface area (Å²) in [5, 5.41) is 2.82. The van der Waals surface area contributed by atoms with Gasteiger partial charge in [0.1, 0.15) is 0 Å². The van der Waals surface area contributed by atoms with Crippen molar-refractivity contribution < 1.29 is 24.0 Å². The molecule has 216 valence electrons. The Morgan fingerprint density at radius 1 is 1.12 bits per heavy atom. The molecule has 2 aromatic rings. The molecule has 1 saturated heterocycles. The van der Waals surface area contributed by atoms with Gasteiger partial charge < -0.3 is 10.1 Å². The van der Waals surface area contributed by atoms with E-state index in [0.29, 0.717) is 43.5 Å². The summed E-state index contributed by atoms with van der Waals surface area (Å²) < 4.78 is 5.62. The first-order chi connectivity index (χ1) is 19.4. The van der Waals surface area contributed by atoms with Crippen LogP contribution in [0.5, 0.6) is 0 Å². The molecule has 0 saturated carbocycles. The van der Waals surface area contributed by atoms with Crippen LogP contribution >= 0.6 is 0 Å². The normalized spacial score (nSPS) is 17.6. The summed E-state index contributed by atoms with van der Waals surface area (Å²) in [7, 11) is 0. The van der Waals surface area contributed by atoms with Crippen molar-refractivity contribution in [1.29, 1.82) is 0 Å². The molecule has 3 amide bonds. The number of nitrogens with one attached hydrogen (secondary N) is 3. The number of rotatable bonds is 13. The molecule has 0 spiro atoms. The van der Waals surface area contributed by atoms with Crippen LogP contribution in [0.25, 0.3) is 6.08 Å². The maximum Gasteiger partial charge on any atom is 0.254 e. The number of amides is 3. The van der Waals surface area contributed by atoms with Crippen LogP contribution in [0.2, 0.25) is 0 Å². The number of nitrogens with two attached hydrogens (primary N) is 1. The number of carbonyl (C=O) groups excluding carboxylic acids is 3. The molecule has 0 radical (unpaired) electrons. The fraction of sp³-hybridized carbons (Fsp3) is 0.452. The van der Waals surface area contributed by atoms with Gasteiger partial charge in [-0.3, -0.25) is 19.8 Å². The highest BCUT2D eigenvalue weighted by Crippen LogP contribution is 2.38. The van der Waals surface area contributed by atoms with E-state index in [9.17, 15) is 14.4 Å². The highest BCUT2D eigenvalue weighted by molar-refractivity contribution is 6.11. The highest BCUT2D eigenvalue weighted by Gasteiger charge is 2.48. The van der Waals surface area contributed by atoms with Crippen molar-refractivity contribution in [3.8, 4) is 0 Å². The lowest BCUT2D eigenvalue weighted by Crippen LogP contribution is -2.57. The van der Waals surface area contributed by atoms with Crippen LogP contribution in [0.4, 0.5) is 0 Å². The van der Waals surface area contributed by atoms with E-state index < -0.39 is 35.3 Å². The second-order valence-electron chi connectivity index (χ2n) is 10.1. The van der Waals surface area contributed by atoms with Crippen molar-refractivity contribution in [1.82, 2.24) is 16.2 Å². The first-order valence-corrected chi connectivity index (χ1v) is 14.1. The van der Waals surface area contributed by atoms with Crippen LogP contribution in [0.1, 0.15) is 80.5 Å². The van der Waals surface area contributed by atoms with Crippen LogP contribution in [-0.4, -0.2) is 37.2 Å². The van der Waals surface area contributed by atoms with E-state index >= 15 is 0 Å². The van der Waals surface area contributed by atoms with Gasteiger partial charge in [0.15, 0.2) is 11.7 Å². The predicted molar refractivity (Wildman–Crippen MR) is 154 cm³/mol. The molecule has 1 aliphatic rings. The number of carbonyl (C=O) groups is 3. The average Bonchev–Trinajstić information content (AvgIpc) is 2.98. The zero-order chi connectivity index (χ0) is 29.0. The van der Waals surface area contributed by atoms with Crippen LogP contribution in [0.15, 0.2) is 54.6 Å². The van der Waals surface area contributed by atoms with Crippen LogP contribution in [0.3, 0.4) is 0 Å². The number of benzene rings is 2. The van der Waals surface area contributed by atoms with Gasteiger partial charge in [-0.15, -0.1) is 0 Å². The third kappa shape index (κ3) is 7.56. The van der Waals surface area contributed by atoms with Crippen LogP contribution in [-0.2, 0) is 29.4 Å². The second-order valence-corrected chi connectivity index (χ2v) is 10.1. The van der Waals surface area contributed by atoms with Crippen molar-refractivity contribution in [2.24, 2.45) is 5.84 Å². The lowest BCUT2D eigenvalue weighted by molar-refractivity contribution is -0.201. The summed E-state index contributed by atoms with van der Waals surface area (Å²) in [6, 6.07) is 15.2. The van der Waals surface area contributed by atoms with Gasteiger partial charge in [-0.25, -0.2) is 16.2 Å². The number of ether oxygens (including phenoxy) is 1. The minimum absolute atomic E-state index is 0.207. The molecular formula is C31H42N4O5. The highest BCUT2D eigenvalue weighted by atomic mass is 16.8. The topological polar surface area (TPSA) is 132 Å². The molecule has 40 heavy (non-hydrogen) atoms. The smallest absolute Gasteiger partial charge is 0.254 e. The summed E-state index contributed by atoms with van der Waals surface area (Å²) in [6.07, 6.45) is 6.96. The number of hydrogen-bond donors (Lipinski definition) is 4. The molecule has 5 N–H and O–H groups in total. The quantitative estimate of drug-likeness (QED) is 0.129. The maximum absolute atomic E-state index is 13.8. The van der Waals surface area contributed by atoms with E-state index in [1.54, 1.807) is 13.0 Å². The Morgan fingerprint density at radius 3 is 2.55 bits per heavy atom. The van der Waals surface area contributed by atoms with Crippen molar-refractivity contribution in [3.63, 3.8) is 0 Å². The fourth-order valence-electron chi connectivity index (χ4n) is 5.16. The number of hydrogen-bond acceptors (Lipinski definition) is 6. The van der Waals surface area contributed by atoms with E-state index in [2.05, 4.69) is 16.2 Å². The molecule has 2 aromatic carbocycles. The average molecular weight is 551 g/mol. The lowest BCUT2D eigenvalue weighted by Gasteiger charge is -2.34. The van der Waals surface area contributed by atoms with Gasteiger partial charge in [-0.05, 0) is 56.2 Å². The number of hydrazine groups is 1. The van der Waals surface area contributed by atoms with Crippen molar-refractivity contribution in [2.45, 2.75) is 76.9 Å². The Balaban J connectivity index is 2.09. The van der Waals surface area contributed by atoms with E-state index in [-0.39, 0.29) is 6.42 Å². The fourth-order valence-corrected chi connectivity index (χ4v) is 5.16. The number of hydroxylamine groups is 1. The van der Waals surface area contributed by atoms with Gasteiger partial charge in [-0.2, -0.15) is 0 Å². The summed E-state index contributed by atoms with van der Waals surface area (Å²) in [4.78, 5) is 46.5. The molecule has 1 aliphatic heterocycles. The SMILES string of the molecule is CCC[C@](C(=O)NN)(C(=O)NCC)c1ccc(C)cc1[C@H](C/C=C/c1ccccc1)C(=O)NOC1CCCCO1. The molecule has 3 atom stereocenters. The molecule has 0 aliphatic carbocycles. The Bertz CT molecular complexity index is 1160. The van der Waals surface area contributed by atoms with E-state index in [1.807, 2.05) is 68.5 Å². The predicted octanol–water partition coefficient (Wildman–Crippen LogP) is 3.92. The summed E-state index contributed by atoms with van der Waals surface area (Å²) >= 11 is 0. The van der Waals surface area contributed by atoms with Gasteiger partial charge in [0, 0.05) is 19.6 Å². The summed E-state index contributed by atoms with van der Waals surface area (Å²) in [6.45, 7) is 6.51. The third-order valence-corrected chi connectivity index (χ3v) is 7.14. The van der Waals surface area contributed by atoms with Crippen LogP contribution in [0, 0.1) is 6.92 Å². The van der Waals surface area contributed by atoms with Crippen molar-refractivity contribution in [3.05, 3.63) is 76.9 Å². The standard InChI is InChI=1S/C31H42N4O5/c1-4-19-31(30(38)34-32,29(37)33-5-2)26-18-17-22(3)21-25(26)24(15-11-14-23-12-7-6-8-13-23)28(36)35-40-27-16-9-10-20-39-27/h6-8,11-14,17-18,21,24,27H,4-5,9-10,15-16,19-20,32H2,1-3H3,(H,33,37)(H,34,38)(H,35,36)/b14-11+/t24-,27?,31+/m0/s1. The first kappa shape index (κ1) is 31.0. The molecule has 3 rings (SSSR count).